The Hall–Kier alpha value is -6.91. The number of aromatic nitrogens is 3. The van der Waals surface area contributed by atoms with Crippen molar-refractivity contribution in [3.63, 3.8) is 0 Å². The number of rotatable bonds is 12. The highest BCUT2D eigenvalue weighted by molar-refractivity contribution is 6.25. The molecule has 0 aliphatic rings. The second-order valence-electron chi connectivity index (χ2n) is 12.6. The third-order valence-electron chi connectivity index (χ3n) is 9.52. The van der Waals surface area contributed by atoms with Gasteiger partial charge in [0.1, 0.15) is 5.84 Å². The standard InChI is InChI=1S/C49H42N4.C2H6/c1-7-13-14-22-31-51-45-33-41-39-27-18-20-29-43(39)53(47(50-37(12-6)24-9-3)32-36(11-5)35(10-4)23-8-2)46(41)34-42(45)49-48(51)40-28-19-21-30-44(40)52(49)38-25-16-15-17-26-38;1-2/h7-30,32-34H,2-6,31H2,1H3;1-2H3/b13-7-,22-14-,35-23+,36-32+,37-24+,50-47+;. The topological polar surface area (TPSA) is 27.1 Å². The van der Waals surface area contributed by atoms with Crippen molar-refractivity contribution < 1.29 is 0 Å². The molecule has 0 N–H and O–H groups in total. The number of hydrogen-bond acceptors (Lipinski definition) is 1. The van der Waals surface area contributed by atoms with E-state index in [1.54, 1.807) is 18.2 Å². The fraction of sp³-hybridized carbons (Fsp3) is 0.0784. The quantitative estimate of drug-likeness (QED) is 0.0684. The van der Waals surface area contributed by atoms with Crippen molar-refractivity contribution in [3.05, 3.63) is 214 Å². The maximum absolute atomic E-state index is 5.21. The maximum Gasteiger partial charge on any atom is 0.138 e. The van der Waals surface area contributed by atoms with E-state index in [9.17, 15) is 0 Å². The Morgan fingerprint density at radius 1 is 0.618 bits per heavy atom. The SMILES string of the molecule is C=C/C=C(C=C)/N=C(\C=C(C=C)\C(C=C)=C\C=C)n1c2ccccc2c2cc3c(cc21)c1c(c2ccccc2n1-c1ccccc1)n3C/C=C\C=C/C.CC. The summed E-state index contributed by atoms with van der Waals surface area (Å²) in [5, 5.41) is 4.60. The third-order valence-corrected chi connectivity index (χ3v) is 9.52. The van der Waals surface area contributed by atoms with E-state index in [4.69, 9.17) is 4.99 Å². The minimum Gasteiger partial charge on any atom is -0.335 e. The molecule has 0 amide bonds. The summed E-state index contributed by atoms with van der Waals surface area (Å²) in [6.07, 6.45) is 23.2. The number of allylic oxidation sites excluding steroid dienone is 14. The van der Waals surface area contributed by atoms with Crippen LogP contribution in [0, 0.1) is 0 Å². The van der Waals surface area contributed by atoms with E-state index >= 15 is 0 Å². The number of fused-ring (bicyclic) bond motifs is 8. The van der Waals surface area contributed by atoms with Gasteiger partial charge in [0.2, 0.25) is 0 Å². The van der Waals surface area contributed by atoms with Crippen LogP contribution >= 0.6 is 0 Å². The summed E-state index contributed by atoms with van der Waals surface area (Å²) in [7, 11) is 0. The Balaban J connectivity index is 0.00000253. The van der Waals surface area contributed by atoms with Gasteiger partial charge in [0.15, 0.2) is 0 Å². The van der Waals surface area contributed by atoms with Crippen molar-refractivity contribution in [2.24, 2.45) is 4.99 Å². The van der Waals surface area contributed by atoms with Crippen LogP contribution in [0.25, 0.3) is 60.3 Å². The molecule has 0 unspecified atom stereocenters. The van der Waals surface area contributed by atoms with Crippen molar-refractivity contribution in [1.29, 1.82) is 0 Å². The van der Waals surface area contributed by atoms with Gasteiger partial charge in [0, 0.05) is 33.8 Å². The van der Waals surface area contributed by atoms with Gasteiger partial charge < -0.3 is 9.13 Å². The molecular formula is C51H48N4. The van der Waals surface area contributed by atoms with Gasteiger partial charge in [-0.3, -0.25) is 4.57 Å². The number of nitrogens with zero attached hydrogens (tertiary/aromatic N) is 4. The summed E-state index contributed by atoms with van der Waals surface area (Å²) in [6, 6.07) is 32.5. The van der Waals surface area contributed by atoms with Gasteiger partial charge in [0.25, 0.3) is 0 Å². The fourth-order valence-corrected chi connectivity index (χ4v) is 7.28. The Morgan fingerprint density at radius 2 is 1.27 bits per heavy atom. The van der Waals surface area contributed by atoms with E-state index in [1.165, 1.54) is 10.9 Å². The molecule has 0 spiro atoms. The van der Waals surface area contributed by atoms with Gasteiger partial charge in [0.05, 0.1) is 38.8 Å². The summed E-state index contributed by atoms with van der Waals surface area (Å²) >= 11 is 0. The lowest BCUT2D eigenvalue weighted by molar-refractivity contribution is 0.902. The van der Waals surface area contributed by atoms with Crippen LogP contribution in [0.15, 0.2) is 219 Å². The van der Waals surface area contributed by atoms with Crippen LogP contribution in [0.1, 0.15) is 20.8 Å². The van der Waals surface area contributed by atoms with Gasteiger partial charge in [-0.1, -0.05) is 156 Å². The molecule has 0 aliphatic heterocycles. The molecule has 3 aromatic heterocycles. The molecule has 7 rings (SSSR count). The predicted molar refractivity (Wildman–Crippen MR) is 243 cm³/mol. The lowest BCUT2D eigenvalue weighted by Crippen LogP contribution is -2.10. The van der Waals surface area contributed by atoms with Crippen LogP contribution in [-0.2, 0) is 6.54 Å². The first kappa shape index (κ1) is 37.8. The highest BCUT2D eigenvalue weighted by Crippen LogP contribution is 2.42. The Bertz CT molecular complexity index is 2780. The Morgan fingerprint density at radius 3 is 1.95 bits per heavy atom. The third kappa shape index (κ3) is 6.98. The van der Waals surface area contributed by atoms with Gasteiger partial charge in [-0.15, -0.1) is 0 Å². The maximum atomic E-state index is 5.21. The second-order valence-corrected chi connectivity index (χ2v) is 12.6. The summed E-state index contributed by atoms with van der Waals surface area (Å²) in [5.74, 6) is 0.698. The van der Waals surface area contributed by atoms with Crippen molar-refractivity contribution in [3.8, 4) is 5.69 Å². The van der Waals surface area contributed by atoms with Crippen LogP contribution in [0.5, 0.6) is 0 Å². The average Bonchev–Trinajstić information content (AvgIpc) is 3.85. The minimum atomic E-state index is 0.681. The van der Waals surface area contributed by atoms with Gasteiger partial charge >= 0.3 is 0 Å². The van der Waals surface area contributed by atoms with Crippen LogP contribution in [0.2, 0.25) is 0 Å². The minimum absolute atomic E-state index is 0.681. The van der Waals surface area contributed by atoms with E-state index in [0.717, 1.165) is 60.6 Å². The highest BCUT2D eigenvalue weighted by atomic mass is 15.1. The summed E-state index contributed by atoms with van der Waals surface area (Å²) in [4.78, 5) is 5.21. The zero-order valence-electron chi connectivity index (χ0n) is 32.1. The zero-order valence-corrected chi connectivity index (χ0v) is 32.1. The first-order valence-electron chi connectivity index (χ1n) is 18.7. The van der Waals surface area contributed by atoms with E-state index < -0.39 is 0 Å². The largest absolute Gasteiger partial charge is 0.335 e. The Kier molecular flexibility index (Phi) is 11.9. The molecule has 0 atom stereocenters. The molecule has 272 valence electrons. The first-order chi connectivity index (χ1) is 27.1. The monoisotopic (exact) mass is 716 g/mol. The lowest BCUT2D eigenvalue weighted by Gasteiger charge is -2.12. The fourth-order valence-electron chi connectivity index (χ4n) is 7.28. The summed E-state index contributed by atoms with van der Waals surface area (Å²) < 4.78 is 7.11. The average molecular weight is 717 g/mol. The number of hydrogen-bond donors (Lipinski definition) is 0. The van der Waals surface area contributed by atoms with Crippen LogP contribution in [-0.4, -0.2) is 19.5 Å². The summed E-state index contributed by atoms with van der Waals surface area (Å²) in [6.45, 7) is 26.9. The summed E-state index contributed by atoms with van der Waals surface area (Å²) in [5.41, 5.74) is 10.3. The van der Waals surface area contributed by atoms with Crippen LogP contribution in [0.4, 0.5) is 0 Å². The van der Waals surface area contributed by atoms with E-state index in [2.05, 4.69) is 162 Å². The van der Waals surface area contributed by atoms with Gasteiger partial charge in [-0.05, 0) is 72.7 Å². The molecule has 3 heterocycles. The number of para-hydroxylation sites is 3. The van der Waals surface area contributed by atoms with Crippen LogP contribution < -0.4 is 0 Å². The van der Waals surface area contributed by atoms with Crippen molar-refractivity contribution in [1.82, 2.24) is 13.7 Å². The first-order valence-corrected chi connectivity index (χ1v) is 18.7. The Labute approximate surface area is 324 Å². The second kappa shape index (κ2) is 17.3. The molecule has 4 heteroatoms. The molecule has 0 fully saturated rings. The molecular weight excluding hydrogens is 669 g/mol. The molecule has 4 aromatic carbocycles. The van der Waals surface area contributed by atoms with Crippen LogP contribution in [0.3, 0.4) is 0 Å². The molecule has 0 saturated carbocycles. The van der Waals surface area contributed by atoms with Crippen molar-refractivity contribution in [2.45, 2.75) is 27.3 Å². The molecule has 0 aliphatic carbocycles. The zero-order chi connectivity index (χ0) is 38.9. The van der Waals surface area contributed by atoms with Gasteiger partial charge in [-0.2, -0.15) is 0 Å². The highest BCUT2D eigenvalue weighted by Gasteiger charge is 2.23. The molecule has 0 saturated heterocycles. The van der Waals surface area contributed by atoms with Crippen molar-refractivity contribution >= 4 is 60.5 Å². The number of aliphatic imine (C=N–C) groups is 1. The lowest BCUT2D eigenvalue weighted by atomic mass is 10.0. The molecule has 0 radical (unpaired) electrons. The van der Waals surface area contributed by atoms with Gasteiger partial charge in [-0.25, -0.2) is 4.99 Å². The molecule has 7 aromatic rings. The van der Waals surface area contributed by atoms with E-state index in [1.807, 2.05) is 51.2 Å². The molecule has 55 heavy (non-hydrogen) atoms. The molecule has 0 bridgehead atoms. The van der Waals surface area contributed by atoms with E-state index in [0.29, 0.717) is 18.1 Å². The van der Waals surface area contributed by atoms with E-state index in [-0.39, 0.29) is 0 Å². The smallest absolute Gasteiger partial charge is 0.138 e. The molecule has 4 nitrogen and oxygen atoms in total. The van der Waals surface area contributed by atoms with Crippen molar-refractivity contribution in [2.75, 3.05) is 0 Å². The normalized spacial score (nSPS) is 13.0. The number of benzene rings is 4. The predicted octanol–water partition coefficient (Wildman–Crippen LogP) is 13.9.